The lowest BCUT2D eigenvalue weighted by Gasteiger charge is -2.43. The van der Waals surface area contributed by atoms with Gasteiger partial charge in [-0.2, -0.15) is 0 Å². The zero-order chi connectivity index (χ0) is 14.0. The summed E-state index contributed by atoms with van der Waals surface area (Å²) in [5, 5.41) is 0. The summed E-state index contributed by atoms with van der Waals surface area (Å²) < 4.78 is 5.76. The second-order valence-corrected chi connectivity index (χ2v) is 6.25. The Balaban J connectivity index is 1.77. The van der Waals surface area contributed by atoms with Crippen molar-refractivity contribution in [2.45, 2.75) is 51.6 Å². The van der Waals surface area contributed by atoms with E-state index in [1.807, 2.05) is 19.5 Å². The topological polar surface area (TPSA) is 38.2 Å². The monoisotopic (exact) mass is 275 g/mol. The first-order chi connectivity index (χ1) is 9.77. The van der Waals surface area contributed by atoms with Gasteiger partial charge in [0.1, 0.15) is 0 Å². The van der Waals surface area contributed by atoms with Crippen molar-refractivity contribution in [3.63, 3.8) is 0 Å². The number of rotatable bonds is 3. The Morgan fingerprint density at radius 2 is 2.05 bits per heavy atom. The van der Waals surface area contributed by atoms with Crippen molar-refractivity contribution in [3.05, 3.63) is 18.0 Å². The molecule has 0 N–H and O–H groups in total. The SMILES string of the molecule is CCc1cnc(N2CCC[C@@]3(CCC[C@H]3OC)C2)nc1. The van der Waals surface area contributed by atoms with Gasteiger partial charge in [-0.25, -0.2) is 9.97 Å². The van der Waals surface area contributed by atoms with E-state index in [0.717, 1.165) is 25.5 Å². The molecule has 2 heterocycles. The van der Waals surface area contributed by atoms with Gasteiger partial charge in [0.25, 0.3) is 0 Å². The van der Waals surface area contributed by atoms with Gasteiger partial charge < -0.3 is 9.64 Å². The molecule has 110 valence electrons. The number of aryl methyl sites for hydroxylation is 1. The third kappa shape index (κ3) is 2.41. The summed E-state index contributed by atoms with van der Waals surface area (Å²) in [6.07, 6.45) is 11.6. The fraction of sp³-hybridized carbons (Fsp3) is 0.750. The van der Waals surface area contributed by atoms with Crippen LogP contribution in [-0.4, -0.2) is 36.3 Å². The number of nitrogens with zero attached hydrogens (tertiary/aromatic N) is 3. The Morgan fingerprint density at radius 1 is 1.30 bits per heavy atom. The summed E-state index contributed by atoms with van der Waals surface area (Å²) in [5.41, 5.74) is 1.54. The quantitative estimate of drug-likeness (QED) is 0.850. The standard InChI is InChI=1S/C16H25N3O/c1-3-13-10-17-15(18-11-13)19-9-5-8-16(12-19)7-4-6-14(16)20-2/h10-11,14H,3-9,12H2,1-2H3/t14-,16+/m1/s1. The average Bonchev–Trinajstić information content (AvgIpc) is 2.89. The van der Waals surface area contributed by atoms with Gasteiger partial charge in [-0.3, -0.25) is 0 Å². The maximum Gasteiger partial charge on any atom is 0.225 e. The predicted octanol–water partition coefficient (Wildman–Crippen LogP) is 2.82. The summed E-state index contributed by atoms with van der Waals surface area (Å²) >= 11 is 0. The molecule has 2 aliphatic rings. The molecular formula is C16H25N3O. The van der Waals surface area contributed by atoms with E-state index in [-0.39, 0.29) is 0 Å². The van der Waals surface area contributed by atoms with Crippen LogP contribution in [0, 0.1) is 5.41 Å². The van der Waals surface area contributed by atoms with Crippen molar-refractivity contribution in [1.82, 2.24) is 9.97 Å². The van der Waals surface area contributed by atoms with E-state index in [0.29, 0.717) is 11.5 Å². The number of methoxy groups -OCH3 is 1. The molecule has 1 aliphatic carbocycles. The molecule has 1 saturated heterocycles. The largest absolute Gasteiger partial charge is 0.381 e. The minimum absolute atomic E-state index is 0.333. The number of anilines is 1. The lowest BCUT2D eigenvalue weighted by molar-refractivity contribution is 0.00204. The molecule has 0 aromatic carbocycles. The molecule has 3 rings (SSSR count). The van der Waals surface area contributed by atoms with Gasteiger partial charge >= 0.3 is 0 Å². The molecule has 4 heteroatoms. The third-order valence-electron chi connectivity index (χ3n) is 5.10. The van der Waals surface area contributed by atoms with E-state index < -0.39 is 0 Å². The second-order valence-electron chi connectivity index (χ2n) is 6.25. The van der Waals surface area contributed by atoms with Crippen LogP contribution >= 0.6 is 0 Å². The average molecular weight is 275 g/mol. The molecule has 0 amide bonds. The van der Waals surface area contributed by atoms with Gasteiger partial charge in [0.2, 0.25) is 5.95 Å². The summed E-state index contributed by atoms with van der Waals surface area (Å²) in [7, 11) is 1.86. The fourth-order valence-corrected chi connectivity index (χ4v) is 3.97. The number of aromatic nitrogens is 2. The summed E-state index contributed by atoms with van der Waals surface area (Å²) in [6.45, 7) is 4.26. The Hall–Kier alpha value is -1.16. The first-order valence-corrected chi connectivity index (χ1v) is 7.86. The van der Waals surface area contributed by atoms with Crippen LogP contribution in [0.1, 0.15) is 44.6 Å². The van der Waals surface area contributed by atoms with E-state index >= 15 is 0 Å². The van der Waals surface area contributed by atoms with Crippen LogP contribution in [-0.2, 0) is 11.2 Å². The van der Waals surface area contributed by atoms with Crippen molar-refractivity contribution < 1.29 is 4.74 Å². The number of hydrogen-bond donors (Lipinski definition) is 0. The molecule has 1 aliphatic heterocycles. The van der Waals surface area contributed by atoms with Crippen LogP contribution in [0.2, 0.25) is 0 Å². The number of ether oxygens (including phenoxy) is 1. The zero-order valence-electron chi connectivity index (χ0n) is 12.6. The molecule has 2 atom stereocenters. The maximum absolute atomic E-state index is 5.76. The van der Waals surface area contributed by atoms with Gasteiger partial charge in [0.05, 0.1) is 6.10 Å². The highest BCUT2D eigenvalue weighted by Crippen LogP contribution is 2.46. The first-order valence-electron chi connectivity index (χ1n) is 7.86. The molecule has 20 heavy (non-hydrogen) atoms. The Kier molecular flexibility index (Phi) is 3.92. The first kappa shape index (κ1) is 13.8. The highest BCUT2D eigenvalue weighted by Gasteiger charge is 2.46. The van der Waals surface area contributed by atoms with Gasteiger partial charge in [0, 0.05) is 38.0 Å². The molecule has 1 aromatic heterocycles. The van der Waals surface area contributed by atoms with E-state index in [2.05, 4.69) is 21.8 Å². The number of piperidine rings is 1. The fourth-order valence-electron chi connectivity index (χ4n) is 3.97. The maximum atomic E-state index is 5.76. The predicted molar refractivity (Wildman–Crippen MR) is 79.9 cm³/mol. The molecule has 2 fully saturated rings. The van der Waals surface area contributed by atoms with Crippen LogP contribution in [0.5, 0.6) is 0 Å². The summed E-state index contributed by atoms with van der Waals surface area (Å²) in [5.74, 6) is 0.892. The van der Waals surface area contributed by atoms with Crippen LogP contribution in [0.3, 0.4) is 0 Å². The highest BCUT2D eigenvalue weighted by molar-refractivity contribution is 5.32. The van der Waals surface area contributed by atoms with E-state index in [4.69, 9.17) is 4.74 Å². The molecule has 4 nitrogen and oxygen atoms in total. The second kappa shape index (κ2) is 5.68. The summed E-state index contributed by atoms with van der Waals surface area (Å²) in [4.78, 5) is 11.5. The number of hydrogen-bond acceptors (Lipinski definition) is 4. The lowest BCUT2D eigenvalue weighted by Crippen LogP contribution is -2.48. The van der Waals surface area contributed by atoms with Crippen LogP contribution < -0.4 is 4.90 Å². The molecule has 0 radical (unpaired) electrons. The van der Waals surface area contributed by atoms with Crippen LogP contribution in [0.4, 0.5) is 5.95 Å². The van der Waals surface area contributed by atoms with E-state index in [9.17, 15) is 0 Å². The Bertz CT molecular complexity index is 448. The molecule has 1 aromatic rings. The van der Waals surface area contributed by atoms with Crippen molar-refractivity contribution in [2.75, 3.05) is 25.1 Å². The molecule has 1 spiro atoms. The smallest absolute Gasteiger partial charge is 0.225 e. The normalized spacial score (nSPS) is 30.1. The zero-order valence-corrected chi connectivity index (χ0v) is 12.6. The van der Waals surface area contributed by atoms with Crippen molar-refractivity contribution in [1.29, 1.82) is 0 Å². The van der Waals surface area contributed by atoms with Crippen molar-refractivity contribution >= 4 is 5.95 Å². The molecule has 1 saturated carbocycles. The highest BCUT2D eigenvalue weighted by atomic mass is 16.5. The van der Waals surface area contributed by atoms with Crippen LogP contribution in [0.15, 0.2) is 12.4 Å². The minimum atomic E-state index is 0.333. The molecule has 0 bridgehead atoms. The van der Waals surface area contributed by atoms with Crippen molar-refractivity contribution in [2.24, 2.45) is 5.41 Å². The Morgan fingerprint density at radius 3 is 2.75 bits per heavy atom. The van der Waals surface area contributed by atoms with Gasteiger partial charge in [-0.1, -0.05) is 13.3 Å². The lowest BCUT2D eigenvalue weighted by atomic mass is 9.76. The minimum Gasteiger partial charge on any atom is -0.381 e. The van der Waals surface area contributed by atoms with Gasteiger partial charge in [-0.05, 0) is 37.7 Å². The third-order valence-corrected chi connectivity index (χ3v) is 5.10. The molecular weight excluding hydrogens is 250 g/mol. The molecule has 0 unspecified atom stereocenters. The summed E-state index contributed by atoms with van der Waals surface area (Å²) in [6, 6.07) is 0. The van der Waals surface area contributed by atoms with Gasteiger partial charge in [0.15, 0.2) is 0 Å². The van der Waals surface area contributed by atoms with Gasteiger partial charge in [-0.15, -0.1) is 0 Å². The van der Waals surface area contributed by atoms with Crippen LogP contribution in [0.25, 0.3) is 0 Å². The van der Waals surface area contributed by atoms with E-state index in [1.54, 1.807) is 0 Å². The van der Waals surface area contributed by atoms with Crippen molar-refractivity contribution in [3.8, 4) is 0 Å². The Labute approximate surface area is 121 Å². The van der Waals surface area contributed by atoms with E-state index in [1.165, 1.54) is 37.7 Å².